The predicted octanol–water partition coefficient (Wildman–Crippen LogP) is 0.874. The van der Waals surface area contributed by atoms with Crippen molar-refractivity contribution < 1.29 is 27.5 Å². The standard InChI is InChI=1S/C15H18ClNO6S/c1-10-6-12(2-3-13(10)16)22-8-15(19)23-7-14(18)17-11-4-5-24(20,21)9-11/h2-3,6,11H,4-5,7-9H2,1H3,(H,17,18)/t11-/m0/s1. The third kappa shape index (κ3) is 5.68. The lowest BCUT2D eigenvalue weighted by atomic mass is 10.2. The quantitative estimate of drug-likeness (QED) is 0.741. The number of rotatable bonds is 6. The lowest BCUT2D eigenvalue weighted by molar-refractivity contribution is -0.150. The van der Waals surface area contributed by atoms with Crippen LogP contribution in [0.15, 0.2) is 18.2 Å². The molecule has 1 aliphatic heterocycles. The molecule has 0 aliphatic carbocycles. The summed E-state index contributed by atoms with van der Waals surface area (Å²) in [5.41, 5.74) is 0.813. The highest BCUT2D eigenvalue weighted by Crippen LogP contribution is 2.20. The molecule has 0 unspecified atom stereocenters. The summed E-state index contributed by atoms with van der Waals surface area (Å²) in [6, 6.07) is 4.54. The molecule has 0 bridgehead atoms. The highest BCUT2D eigenvalue weighted by molar-refractivity contribution is 7.91. The van der Waals surface area contributed by atoms with Crippen LogP contribution in [0.5, 0.6) is 5.75 Å². The van der Waals surface area contributed by atoms with E-state index < -0.39 is 34.4 Å². The van der Waals surface area contributed by atoms with Crippen molar-refractivity contribution in [2.75, 3.05) is 24.7 Å². The maximum atomic E-state index is 11.6. The Bertz CT molecular complexity index is 733. The Morgan fingerprint density at radius 1 is 1.33 bits per heavy atom. The van der Waals surface area contributed by atoms with Crippen molar-refractivity contribution in [1.82, 2.24) is 5.32 Å². The Hall–Kier alpha value is -1.80. The minimum absolute atomic E-state index is 0.0616. The van der Waals surface area contributed by atoms with Gasteiger partial charge in [0.05, 0.1) is 11.5 Å². The van der Waals surface area contributed by atoms with E-state index in [-0.39, 0.29) is 18.1 Å². The van der Waals surface area contributed by atoms with Crippen LogP contribution >= 0.6 is 11.6 Å². The summed E-state index contributed by atoms with van der Waals surface area (Å²) >= 11 is 5.89. The molecule has 1 amide bonds. The minimum atomic E-state index is -3.07. The zero-order chi connectivity index (χ0) is 17.7. The second-order valence-electron chi connectivity index (χ2n) is 5.53. The van der Waals surface area contributed by atoms with Gasteiger partial charge in [-0.2, -0.15) is 0 Å². The summed E-state index contributed by atoms with van der Waals surface area (Å²) in [6.07, 6.45) is 0.376. The summed E-state index contributed by atoms with van der Waals surface area (Å²) in [5, 5.41) is 3.12. The van der Waals surface area contributed by atoms with Crippen LogP contribution in [0.3, 0.4) is 0 Å². The van der Waals surface area contributed by atoms with Crippen LogP contribution in [0.2, 0.25) is 5.02 Å². The predicted molar refractivity (Wildman–Crippen MR) is 87.8 cm³/mol. The molecule has 9 heteroatoms. The molecule has 0 spiro atoms. The zero-order valence-corrected chi connectivity index (χ0v) is 14.7. The molecular weight excluding hydrogens is 358 g/mol. The Morgan fingerprint density at radius 3 is 2.71 bits per heavy atom. The number of sulfone groups is 1. The van der Waals surface area contributed by atoms with Crippen molar-refractivity contribution in [2.24, 2.45) is 0 Å². The van der Waals surface area contributed by atoms with E-state index in [1.54, 1.807) is 25.1 Å². The molecule has 1 heterocycles. The Labute approximate surface area is 145 Å². The highest BCUT2D eigenvalue weighted by Gasteiger charge is 2.29. The maximum Gasteiger partial charge on any atom is 0.344 e. The normalized spacial score (nSPS) is 18.8. The highest BCUT2D eigenvalue weighted by atomic mass is 35.5. The second-order valence-corrected chi connectivity index (χ2v) is 8.16. The fourth-order valence-corrected chi connectivity index (χ4v) is 4.01. The number of carbonyl (C=O) groups excluding carboxylic acids is 2. The number of hydrogen-bond donors (Lipinski definition) is 1. The van der Waals surface area contributed by atoms with Crippen LogP contribution in [-0.2, 0) is 24.2 Å². The smallest absolute Gasteiger partial charge is 0.344 e. The van der Waals surface area contributed by atoms with E-state index in [4.69, 9.17) is 21.1 Å². The van der Waals surface area contributed by atoms with Crippen LogP contribution < -0.4 is 10.1 Å². The summed E-state index contributed by atoms with van der Waals surface area (Å²) in [4.78, 5) is 23.2. The molecule has 132 valence electrons. The van der Waals surface area contributed by atoms with E-state index in [1.807, 2.05) is 0 Å². The van der Waals surface area contributed by atoms with Crippen LogP contribution in [0.25, 0.3) is 0 Å². The van der Waals surface area contributed by atoms with Crippen molar-refractivity contribution in [3.8, 4) is 5.75 Å². The van der Waals surface area contributed by atoms with Gasteiger partial charge in [-0.25, -0.2) is 13.2 Å². The third-order valence-corrected chi connectivity index (χ3v) is 5.64. The molecule has 1 N–H and O–H groups in total. The molecule has 7 nitrogen and oxygen atoms in total. The molecule has 1 atom stereocenters. The second kappa shape index (κ2) is 7.85. The van der Waals surface area contributed by atoms with E-state index in [0.717, 1.165) is 5.56 Å². The SMILES string of the molecule is Cc1cc(OCC(=O)OCC(=O)N[C@H]2CCS(=O)(=O)C2)ccc1Cl. The number of carbonyl (C=O) groups is 2. The van der Waals surface area contributed by atoms with Crippen LogP contribution in [-0.4, -0.2) is 51.1 Å². The lowest BCUT2D eigenvalue weighted by Crippen LogP contribution is -2.38. The Kier molecular flexibility index (Phi) is 6.06. The van der Waals surface area contributed by atoms with E-state index in [9.17, 15) is 18.0 Å². The first kappa shape index (κ1) is 18.5. The molecule has 1 fully saturated rings. The fourth-order valence-electron chi connectivity index (χ4n) is 2.22. The molecule has 0 radical (unpaired) electrons. The van der Waals surface area contributed by atoms with Gasteiger partial charge in [0.1, 0.15) is 5.75 Å². The average Bonchev–Trinajstić information content (AvgIpc) is 2.85. The summed E-state index contributed by atoms with van der Waals surface area (Å²) in [7, 11) is -3.07. The molecule has 0 saturated carbocycles. The molecular formula is C15H18ClNO6S. The van der Waals surface area contributed by atoms with Gasteiger partial charge in [0.2, 0.25) is 0 Å². The van der Waals surface area contributed by atoms with Crippen molar-refractivity contribution >= 4 is 33.3 Å². The first-order chi connectivity index (χ1) is 11.2. The van der Waals surface area contributed by atoms with Gasteiger partial charge in [-0.3, -0.25) is 4.79 Å². The van der Waals surface area contributed by atoms with Gasteiger partial charge in [-0.05, 0) is 37.1 Å². The molecule has 1 aromatic rings. The van der Waals surface area contributed by atoms with Crippen molar-refractivity contribution in [3.63, 3.8) is 0 Å². The monoisotopic (exact) mass is 375 g/mol. The van der Waals surface area contributed by atoms with Crippen LogP contribution in [0, 0.1) is 6.92 Å². The van der Waals surface area contributed by atoms with Gasteiger partial charge < -0.3 is 14.8 Å². The molecule has 24 heavy (non-hydrogen) atoms. The molecule has 1 aromatic carbocycles. The van der Waals surface area contributed by atoms with Gasteiger partial charge in [-0.1, -0.05) is 11.6 Å². The first-order valence-corrected chi connectivity index (χ1v) is 9.49. The topological polar surface area (TPSA) is 98.8 Å². The first-order valence-electron chi connectivity index (χ1n) is 7.29. The number of aryl methyl sites for hydroxylation is 1. The number of nitrogens with one attached hydrogen (secondary N) is 1. The van der Waals surface area contributed by atoms with Gasteiger partial charge >= 0.3 is 5.97 Å². The number of ether oxygens (including phenoxy) is 2. The van der Waals surface area contributed by atoms with E-state index in [1.165, 1.54) is 0 Å². The molecule has 1 saturated heterocycles. The van der Waals surface area contributed by atoms with Gasteiger partial charge in [-0.15, -0.1) is 0 Å². The summed E-state index contributed by atoms with van der Waals surface area (Å²) in [5.74, 6) is -0.781. The number of hydrogen-bond acceptors (Lipinski definition) is 6. The minimum Gasteiger partial charge on any atom is -0.482 e. The van der Waals surface area contributed by atoms with Crippen molar-refractivity contribution in [2.45, 2.75) is 19.4 Å². The van der Waals surface area contributed by atoms with E-state index >= 15 is 0 Å². The largest absolute Gasteiger partial charge is 0.482 e. The van der Waals surface area contributed by atoms with Crippen LogP contribution in [0.1, 0.15) is 12.0 Å². The Balaban J connectivity index is 1.69. The van der Waals surface area contributed by atoms with Gasteiger partial charge in [0.15, 0.2) is 23.1 Å². The van der Waals surface area contributed by atoms with Gasteiger partial charge in [0.25, 0.3) is 5.91 Å². The van der Waals surface area contributed by atoms with E-state index in [0.29, 0.717) is 17.2 Å². The zero-order valence-electron chi connectivity index (χ0n) is 13.1. The number of halogens is 1. The average molecular weight is 376 g/mol. The molecule has 2 rings (SSSR count). The fraction of sp³-hybridized carbons (Fsp3) is 0.467. The van der Waals surface area contributed by atoms with Crippen molar-refractivity contribution in [3.05, 3.63) is 28.8 Å². The molecule has 1 aliphatic rings. The third-order valence-electron chi connectivity index (χ3n) is 3.45. The summed E-state index contributed by atoms with van der Waals surface area (Å²) in [6.45, 7) is 0.992. The Morgan fingerprint density at radius 2 is 2.08 bits per heavy atom. The number of benzene rings is 1. The number of amides is 1. The van der Waals surface area contributed by atoms with Crippen LogP contribution in [0.4, 0.5) is 0 Å². The maximum absolute atomic E-state index is 11.6. The number of esters is 1. The molecule has 0 aromatic heterocycles. The lowest BCUT2D eigenvalue weighted by Gasteiger charge is -2.11. The summed E-state index contributed by atoms with van der Waals surface area (Å²) < 4.78 is 32.6. The van der Waals surface area contributed by atoms with E-state index in [2.05, 4.69) is 5.32 Å². The van der Waals surface area contributed by atoms with Crippen molar-refractivity contribution in [1.29, 1.82) is 0 Å². The van der Waals surface area contributed by atoms with Gasteiger partial charge in [0, 0.05) is 11.1 Å².